The van der Waals surface area contributed by atoms with Gasteiger partial charge in [-0.25, -0.2) is 0 Å². The van der Waals surface area contributed by atoms with E-state index in [1.807, 2.05) is 7.05 Å². The molecule has 0 aliphatic carbocycles. The lowest BCUT2D eigenvalue weighted by Gasteiger charge is -2.18. The minimum absolute atomic E-state index is 0.178. The summed E-state index contributed by atoms with van der Waals surface area (Å²) in [5, 5.41) is 12.7. The SMILES string of the molecule is CNCC(O)C(C1CO1)C1CO1. The van der Waals surface area contributed by atoms with E-state index in [1.165, 1.54) is 0 Å². The monoisotopic (exact) mass is 173 g/mol. The van der Waals surface area contributed by atoms with E-state index in [1.54, 1.807) is 0 Å². The molecule has 0 aromatic rings. The van der Waals surface area contributed by atoms with Crippen molar-refractivity contribution < 1.29 is 14.6 Å². The lowest BCUT2D eigenvalue weighted by Crippen LogP contribution is -2.37. The summed E-state index contributed by atoms with van der Waals surface area (Å²) < 4.78 is 10.3. The van der Waals surface area contributed by atoms with E-state index >= 15 is 0 Å². The van der Waals surface area contributed by atoms with Gasteiger partial charge in [-0.2, -0.15) is 0 Å². The molecule has 2 rings (SSSR count). The molecule has 2 aliphatic heterocycles. The number of epoxide rings is 2. The first-order valence-corrected chi connectivity index (χ1v) is 4.39. The quantitative estimate of drug-likeness (QED) is 0.522. The molecule has 4 nitrogen and oxygen atoms in total. The molecule has 2 N–H and O–H groups in total. The molecule has 3 atom stereocenters. The van der Waals surface area contributed by atoms with E-state index in [0.29, 0.717) is 6.54 Å². The van der Waals surface area contributed by atoms with Crippen LogP contribution in [0.1, 0.15) is 0 Å². The first-order valence-electron chi connectivity index (χ1n) is 4.39. The minimum Gasteiger partial charge on any atom is -0.391 e. The van der Waals surface area contributed by atoms with Crippen molar-refractivity contribution in [3.63, 3.8) is 0 Å². The Bertz CT molecular complexity index is 144. The summed E-state index contributed by atoms with van der Waals surface area (Å²) in [6, 6.07) is 0. The van der Waals surface area contributed by atoms with Gasteiger partial charge in [-0.1, -0.05) is 0 Å². The average Bonchev–Trinajstić information content (AvgIpc) is 2.80. The largest absolute Gasteiger partial charge is 0.391 e. The minimum atomic E-state index is -0.338. The Kier molecular flexibility index (Phi) is 2.32. The highest BCUT2D eigenvalue weighted by atomic mass is 16.6. The zero-order valence-corrected chi connectivity index (χ0v) is 7.19. The number of likely N-dealkylation sites (N-methyl/N-ethyl adjacent to an activating group) is 1. The van der Waals surface area contributed by atoms with Crippen LogP contribution in [0.15, 0.2) is 0 Å². The molecule has 4 heteroatoms. The topological polar surface area (TPSA) is 57.3 Å². The van der Waals surface area contributed by atoms with Gasteiger partial charge in [-0.15, -0.1) is 0 Å². The molecular formula is C8H15NO3. The number of hydrogen-bond donors (Lipinski definition) is 2. The van der Waals surface area contributed by atoms with Crippen LogP contribution >= 0.6 is 0 Å². The maximum atomic E-state index is 9.71. The molecule has 2 fully saturated rings. The van der Waals surface area contributed by atoms with Crippen molar-refractivity contribution >= 4 is 0 Å². The normalized spacial score (nSPS) is 37.5. The Morgan fingerprint density at radius 3 is 2.25 bits per heavy atom. The van der Waals surface area contributed by atoms with Crippen LogP contribution in [0.4, 0.5) is 0 Å². The molecule has 0 saturated carbocycles. The maximum Gasteiger partial charge on any atom is 0.0889 e. The Balaban J connectivity index is 1.85. The van der Waals surface area contributed by atoms with Gasteiger partial charge in [0.15, 0.2) is 0 Å². The fourth-order valence-electron chi connectivity index (χ4n) is 1.64. The number of ether oxygens (including phenoxy) is 2. The lowest BCUT2D eigenvalue weighted by molar-refractivity contribution is 0.0721. The van der Waals surface area contributed by atoms with Crippen molar-refractivity contribution in [2.75, 3.05) is 26.8 Å². The summed E-state index contributed by atoms with van der Waals surface area (Å²) in [5.74, 6) is 0.178. The van der Waals surface area contributed by atoms with Crippen LogP contribution in [0, 0.1) is 5.92 Å². The second-order valence-corrected chi connectivity index (χ2v) is 3.45. The third-order valence-corrected chi connectivity index (χ3v) is 2.43. The number of hydrogen-bond acceptors (Lipinski definition) is 4. The first kappa shape index (κ1) is 8.44. The standard InChI is InChI=1S/C8H15NO3/c1-9-2-5(10)8(6-3-11-6)7-4-12-7/h5-10H,2-4H2,1H3. The summed E-state index contributed by atoms with van der Waals surface area (Å²) in [4.78, 5) is 0. The van der Waals surface area contributed by atoms with Crippen molar-refractivity contribution in [3.8, 4) is 0 Å². The Morgan fingerprint density at radius 1 is 1.42 bits per heavy atom. The summed E-state index contributed by atoms with van der Waals surface area (Å²) >= 11 is 0. The molecule has 70 valence electrons. The van der Waals surface area contributed by atoms with Crippen LogP contribution in [0.5, 0.6) is 0 Å². The molecular weight excluding hydrogens is 158 g/mol. The van der Waals surface area contributed by atoms with Gasteiger partial charge in [-0.05, 0) is 7.05 Å². The number of rotatable bonds is 5. The molecule has 12 heavy (non-hydrogen) atoms. The summed E-state index contributed by atoms with van der Waals surface area (Å²) in [6.07, 6.45) is 0.136. The van der Waals surface area contributed by atoms with Crippen LogP contribution in [0.25, 0.3) is 0 Å². The highest BCUT2D eigenvalue weighted by molar-refractivity contribution is 4.94. The third kappa shape index (κ3) is 1.77. The van der Waals surface area contributed by atoms with Gasteiger partial charge in [0.05, 0.1) is 31.5 Å². The van der Waals surface area contributed by atoms with Crippen LogP contribution < -0.4 is 5.32 Å². The summed E-state index contributed by atoms with van der Waals surface area (Å²) in [5.41, 5.74) is 0. The van der Waals surface area contributed by atoms with Crippen molar-refractivity contribution in [1.29, 1.82) is 0 Å². The molecule has 0 aromatic heterocycles. The molecule has 0 aromatic carbocycles. The van der Waals surface area contributed by atoms with E-state index in [0.717, 1.165) is 13.2 Å². The van der Waals surface area contributed by atoms with Crippen LogP contribution in [0.2, 0.25) is 0 Å². The fourth-order valence-corrected chi connectivity index (χ4v) is 1.64. The Morgan fingerprint density at radius 2 is 1.92 bits per heavy atom. The fraction of sp³-hybridized carbons (Fsp3) is 1.00. The Hall–Kier alpha value is -0.160. The molecule has 2 aliphatic rings. The number of aliphatic hydroxyl groups is 1. The van der Waals surface area contributed by atoms with Gasteiger partial charge < -0.3 is 19.9 Å². The van der Waals surface area contributed by atoms with Crippen LogP contribution in [0.3, 0.4) is 0 Å². The van der Waals surface area contributed by atoms with E-state index in [-0.39, 0.29) is 24.2 Å². The second kappa shape index (κ2) is 3.30. The first-order chi connectivity index (χ1) is 5.83. The molecule has 2 saturated heterocycles. The van der Waals surface area contributed by atoms with Crippen molar-refractivity contribution in [1.82, 2.24) is 5.32 Å². The zero-order chi connectivity index (χ0) is 8.55. The second-order valence-electron chi connectivity index (χ2n) is 3.45. The molecule has 2 heterocycles. The van der Waals surface area contributed by atoms with Gasteiger partial charge in [0.2, 0.25) is 0 Å². The predicted molar refractivity (Wildman–Crippen MR) is 42.9 cm³/mol. The van der Waals surface area contributed by atoms with E-state index in [2.05, 4.69) is 5.32 Å². The van der Waals surface area contributed by atoms with Gasteiger partial charge in [0.25, 0.3) is 0 Å². The highest BCUT2D eigenvalue weighted by Crippen LogP contribution is 2.33. The molecule has 0 amide bonds. The molecule has 3 unspecified atom stereocenters. The van der Waals surface area contributed by atoms with Crippen molar-refractivity contribution in [2.24, 2.45) is 5.92 Å². The summed E-state index contributed by atoms with van der Waals surface area (Å²) in [6.45, 7) is 2.18. The lowest BCUT2D eigenvalue weighted by atomic mass is 9.95. The van der Waals surface area contributed by atoms with Crippen molar-refractivity contribution in [2.45, 2.75) is 18.3 Å². The zero-order valence-electron chi connectivity index (χ0n) is 7.19. The van der Waals surface area contributed by atoms with Gasteiger partial charge in [0, 0.05) is 12.5 Å². The third-order valence-electron chi connectivity index (χ3n) is 2.43. The van der Waals surface area contributed by atoms with Gasteiger partial charge >= 0.3 is 0 Å². The van der Waals surface area contributed by atoms with E-state index in [4.69, 9.17) is 9.47 Å². The smallest absolute Gasteiger partial charge is 0.0889 e. The maximum absolute atomic E-state index is 9.71. The molecule has 0 spiro atoms. The van der Waals surface area contributed by atoms with Gasteiger partial charge in [-0.3, -0.25) is 0 Å². The number of aliphatic hydroxyl groups excluding tert-OH is 1. The van der Waals surface area contributed by atoms with Crippen LogP contribution in [-0.4, -0.2) is 50.2 Å². The Labute approximate surface area is 71.9 Å². The summed E-state index contributed by atoms with van der Waals surface area (Å²) in [7, 11) is 1.84. The highest BCUT2D eigenvalue weighted by Gasteiger charge is 2.47. The van der Waals surface area contributed by atoms with E-state index in [9.17, 15) is 5.11 Å². The molecule has 0 radical (unpaired) electrons. The van der Waals surface area contributed by atoms with Gasteiger partial charge in [0.1, 0.15) is 0 Å². The van der Waals surface area contributed by atoms with Crippen LogP contribution in [-0.2, 0) is 9.47 Å². The average molecular weight is 173 g/mol. The van der Waals surface area contributed by atoms with E-state index < -0.39 is 0 Å². The number of nitrogens with one attached hydrogen (secondary N) is 1. The predicted octanol–water partition coefficient (Wildman–Crippen LogP) is -1.02. The van der Waals surface area contributed by atoms with Crippen molar-refractivity contribution in [3.05, 3.63) is 0 Å². The molecule has 0 bridgehead atoms.